The first-order chi connectivity index (χ1) is 10.4. The fourth-order valence-electron chi connectivity index (χ4n) is 2.97. The molecule has 6 heteroatoms. The molecule has 1 aromatic rings. The minimum atomic E-state index is -0.113. The summed E-state index contributed by atoms with van der Waals surface area (Å²) >= 11 is 2.49. The van der Waals surface area contributed by atoms with E-state index in [2.05, 4.69) is 0 Å². The van der Waals surface area contributed by atoms with Crippen LogP contribution in [0, 0.1) is 11.8 Å². The molecule has 2 aliphatic carbocycles. The Balaban J connectivity index is 2.04. The number of ketones is 4. The molecule has 0 spiro atoms. The predicted molar refractivity (Wildman–Crippen MR) is 85.1 cm³/mol. The average molecular weight is 336 g/mol. The number of carbonyl (C=O) groups excluding carboxylic acids is 4. The summed E-state index contributed by atoms with van der Waals surface area (Å²) in [7, 11) is 0. The van der Waals surface area contributed by atoms with Gasteiger partial charge in [0.1, 0.15) is 0 Å². The first kappa shape index (κ1) is 15.5. The summed E-state index contributed by atoms with van der Waals surface area (Å²) in [5.74, 6) is -0.258. The van der Waals surface area contributed by atoms with Crippen LogP contribution >= 0.6 is 22.7 Å². The van der Waals surface area contributed by atoms with Crippen molar-refractivity contribution in [2.45, 2.75) is 39.5 Å². The highest BCUT2D eigenvalue weighted by molar-refractivity contribution is 7.36. The van der Waals surface area contributed by atoms with E-state index in [1.54, 1.807) is 0 Å². The first-order valence-electron chi connectivity index (χ1n) is 7.33. The normalized spacial score (nSPS) is 27.0. The van der Waals surface area contributed by atoms with Gasteiger partial charge in [0.15, 0.2) is 23.1 Å². The summed E-state index contributed by atoms with van der Waals surface area (Å²) in [4.78, 5) is 48.2. The standard InChI is InChI=1S/C16H16O4S2/c1-7-3-9(17)13(10(18)4-7)15-21-16(22-15)14-11(19)5-8(2)6-12(14)20/h7-8H,3-6H2,1-2H3. The van der Waals surface area contributed by atoms with E-state index in [0.29, 0.717) is 33.4 Å². The Kier molecular flexibility index (Phi) is 3.99. The van der Waals surface area contributed by atoms with E-state index in [0.717, 1.165) is 0 Å². The zero-order chi connectivity index (χ0) is 16.0. The summed E-state index contributed by atoms with van der Waals surface area (Å²) in [5, 5.41) is 0. The summed E-state index contributed by atoms with van der Waals surface area (Å²) in [6.45, 7) is 3.79. The van der Waals surface area contributed by atoms with E-state index in [9.17, 15) is 19.2 Å². The molecule has 0 N–H and O–H groups in total. The van der Waals surface area contributed by atoms with Crippen molar-refractivity contribution < 1.29 is 19.2 Å². The molecule has 0 aliphatic heterocycles. The Morgan fingerprint density at radius 2 is 0.909 bits per heavy atom. The third-order valence-corrected chi connectivity index (χ3v) is 6.59. The second-order valence-corrected chi connectivity index (χ2v) is 8.81. The van der Waals surface area contributed by atoms with Crippen molar-refractivity contribution in [3.05, 3.63) is 7.69 Å². The van der Waals surface area contributed by atoms with Gasteiger partial charge in [-0.2, -0.15) is 0 Å². The van der Waals surface area contributed by atoms with Crippen molar-refractivity contribution in [2.24, 2.45) is 11.8 Å². The van der Waals surface area contributed by atoms with Gasteiger partial charge >= 0.3 is 0 Å². The second kappa shape index (κ2) is 5.66. The molecule has 116 valence electrons. The Morgan fingerprint density at radius 3 is 1.18 bits per heavy atom. The van der Waals surface area contributed by atoms with Gasteiger partial charge in [-0.1, -0.05) is 13.8 Å². The molecule has 0 saturated heterocycles. The predicted octanol–water partition coefficient (Wildman–Crippen LogP) is 1.25. The van der Waals surface area contributed by atoms with E-state index < -0.39 is 0 Å². The Morgan fingerprint density at radius 1 is 0.636 bits per heavy atom. The van der Waals surface area contributed by atoms with Crippen LogP contribution in [0.5, 0.6) is 0 Å². The molecular weight excluding hydrogens is 320 g/mol. The van der Waals surface area contributed by atoms with Gasteiger partial charge in [0.05, 0.1) is 18.8 Å². The molecule has 1 heterocycles. The number of Topliss-reactive ketones (excluding diaryl/α,β-unsaturated/α-hetero) is 4. The summed E-state index contributed by atoms with van der Waals surface area (Å²) < 4.78 is 1.31. The van der Waals surface area contributed by atoms with Gasteiger partial charge in [-0.3, -0.25) is 19.2 Å². The van der Waals surface area contributed by atoms with Crippen molar-refractivity contribution in [2.75, 3.05) is 0 Å². The number of hydrogen-bond acceptors (Lipinski definition) is 6. The number of hydrogen-bond donors (Lipinski definition) is 0. The van der Waals surface area contributed by atoms with Crippen LogP contribution in [0.1, 0.15) is 39.5 Å². The minimum absolute atomic E-state index is 0.0974. The fourth-order valence-corrected chi connectivity index (χ4v) is 5.39. The van der Waals surface area contributed by atoms with Crippen LogP contribution in [-0.4, -0.2) is 23.1 Å². The molecule has 0 radical (unpaired) electrons. The molecule has 3 rings (SSSR count). The molecule has 0 bridgehead atoms. The van der Waals surface area contributed by atoms with Crippen molar-refractivity contribution in [1.82, 2.24) is 0 Å². The largest absolute Gasteiger partial charge is 0.294 e. The first-order valence-corrected chi connectivity index (χ1v) is 8.97. The van der Waals surface area contributed by atoms with Gasteiger partial charge in [-0.25, -0.2) is 0 Å². The summed E-state index contributed by atoms with van der Waals surface area (Å²) in [6.07, 6.45) is 1.58. The Labute approximate surface area is 135 Å². The molecule has 22 heavy (non-hydrogen) atoms. The lowest BCUT2D eigenvalue weighted by molar-refractivity contribution is -0.123. The molecule has 2 fully saturated rings. The maximum Gasteiger partial charge on any atom is 0.169 e. The van der Waals surface area contributed by atoms with E-state index >= 15 is 0 Å². The van der Waals surface area contributed by atoms with E-state index in [4.69, 9.17) is 0 Å². The zero-order valence-corrected chi connectivity index (χ0v) is 14.1. The molecule has 4 nitrogen and oxygen atoms in total. The molecule has 0 unspecified atom stereocenters. The molecule has 2 saturated carbocycles. The van der Waals surface area contributed by atoms with Crippen molar-refractivity contribution in [3.63, 3.8) is 0 Å². The van der Waals surface area contributed by atoms with E-state index in [-0.39, 0.29) is 46.1 Å². The number of rotatable bonds is 0. The quantitative estimate of drug-likeness (QED) is 0.715. The van der Waals surface area contributed by atoms with Crippen LogP contribution in [0.2, 0.25) is 0 Å². The molecule has 0 amide bonds. The maximum atomic E-state index is 12.0. The van der Waals surface area contributed by atoms with Crippen molar-refractivity contribution in [1.29, 1.82) is 0 Å². The molecule has 2 aliphatic rings. The lowest BCUT2D eigenvalue weighted by Crippen LogP contribution is -2.33. The van der Waals surface area contributed by atoms with Crippen LogP contribution in [0.3, 0.4) is 0 Å². The maximum absolute atomic E-state index is 12.0. The van der Waals surface area contributed by atoms with Crippen LogP contribution < -0.4 is 7.69 Å². The third-order valence-electron chi connectivity index (χ3n) is 4.03. The van der Waals surface area contributed by atoms with Gasteiger partial charge in [0, 0.05) is 25.7 Å². The molecule has 0 aromatic carbocycles. The highest BCUT2D eigenvalue weighted by atomic mass is 32.2. The van der Waals surface area contributed by atoms with Gasteiger partial charge in [0.25, 0.3) is 0 Å². The fraction of sp³-hybridized carbons (Fsp3) is 0.500. The Hall–Kier alpha value is -1.40. The van der Waals surface area contributed by atoms with E-state index in [1.807, 2.05) is 13.8 Å². The average Bonchev–Trinajstić information content (AvgIpc) is 2.32. The third kappa shape index (κ3) is 2.65. The van der Waals surface area contributed by atoms with Gasteiger partial charge < -0.3 is 0 Å². The van der Waals surface area contributed by atoms with Gasteiger partial charge in [-0.05, 0) is 11.8 Å². The molecule has 0 atom stereocenters. The highest BCUT2D eigenvalue weighted by Crippen LogP contribution is 2.25. The molecule has 1 aromatic heterocycles. The van der Waals surface area contributed by atoms with Gasteiger partial charge in [-0.15, -0.1) is 22.7 Å². The van der Waals surface area contributed by atoms with Crippen molar-refractivity contribution >= 4 is 57.0 Å². The SMILES string of the molecule is CC1CC(=O)C(=c2sc(=C3C(=O)CC(C)CC3=O)s2)C(=O)C1. The van der Waals surface area contributed by atoms with Crippen LogP contribution in [-0.2, 0) is 19.2 Å². The lowest BCUT2D eigenvalue weighted by atomic mass is 9.86. The smallest absolute Gasteiger partial charge is 0.169 e. The van der Waals surface area contributed by atoms with Crippen LogP contribution in [0.25, 0.3) is 11.1 Å². The summed E-state index contributed by atoms with van der Waals surface area (Å²) in [6, 6.07) is 0. The zero-order valence-electron chi connectivity index (χ0n) is 12.4. The van der Waals surface area contributed by atoms with Gasteiger partial charge in [0.2, 0.25) is 0 Å². The van der Waals surface area contributed by atoms with Crippen molar-refractivity contribution in [3.8, 4) is 0 Å². The second-order valence-electron chi connectivity index (χ2n) is 6.25. The van der Waals surface area contributed by atoms with Crippen LogP contribution in [0.15, 0.2) is 0 Å². The number of carbonyl (C=O) groups is 4. The van der Waals surface area contributed by atoms with E-state index in [1.165, 1.54) is 22.7 Å². The monoisotopic (exact) mass is 336 g/mol. The Bertz CT molecular complexity index is 686. The molecular formula is C16H16O4S2. The lowest BCUT2D eigenvalue weighted by Gasteiger charge is -2.19. The summed E-state index contributed by atoms with van der Waals surface area (Å²) in [5.41, 5.74) is 0.558. The topological polar surface area (TPSA) is 68.3 Å². The highest BCUT2D eigenvalue weighted by Gasteiger charge is 2.32. The van der Waals surface area contributed by atoms with Crippen LogP contribution in [0.4, 0.5) is 0 Å². The minimum Gasteiger partial charge on any atom is -0.294 e.